The Kier molecular flexibility index (Phi) is 6.68. The third kappa shape index (κ3) is 5.43. The molecule has 1 heterocycles. The predicted molar refractivity (Wildman–Crippen MR) is 111 cm³/mol. The number of nitrogens with one attached hydrogen (secondary N) is 1. The van der Waals surface area contributed by atoms with E-state index in [1.54, 1.807) is 6.20 Å². The standard InChI is InChI=1S/C23H27ClN2O/c1-16(2)8-10-26-23(27)22-13-18(11-17-5-4-9-25-15-17)12-21(22)19-6-3-7-20(24)14-19/h3-7,9,12,14-16,21-22H,8,10-11,13H2,1-2H3,(H,26,27)/t21-,22-/m0/s1. The molecule has 0 saturated carbocycles. The lowest BCUT2D eigenvalue weighted by atomic mass is 9.88. The first-order valence-corrected chi connectivity index (χ1v) is 10.0. The lowest BCUT2D eigenvalue weighted by Crippen LogP contribution is -2.33. The fourth-order valence-corrected chi connectivity index (χ4v) is 3.86. The lowest BCUT2D eigenvalue weighted by molar-refractivity contribution is -0.125. The smallest absolute Gasteiger partial charge is 0.224 e. The molecular weight excluding hydrogens is 356 g/mol. The van der Waals surface area contributed by atoms with Crippen LogP contribution in [-0.4, -0.2) is 17.4 Å². The molecule has 3 nitrogen and oxygen atoms in total. The summed E-state index contributed by atoms with van der Waals surface area (Å²) in [6.07, 6.45) is 8.54. The van der Waals surface area contributed by atoms with E-state index in [1.165, 1.54) is 11.1 Å². The maximum atomic E-state index is 12.9. The molecule has 1 aliphatic carbocycles. The molecule has 0 aliphatic heterocycles. The van der Waals surface area contributed by atoms with Crippen LogP contribution in [0.1, 0.15) is 43.7 Å². The molecule has 4 heteroatoms. The van der Waals surface area contributed by atoms with Gasteiger partial charge in [-0.15, -0.1) is 0 Å². The van der Waals surface area contributed by atoms with Gasteiger partial charge in [-0.3, -0.25) is 9.78 Å². The number of hydrogen-bond acceptors (Lipinski definition) is 2. The van der Waals surface area contributed by atoms with E-state index in [4.69, 9.17) is 11.6 Å². The van der Waals surface area contributed by atoms with E-state index in [0.717, 1.165) is 31.4 Å². The number of allylic oxidation sites excluding steroid dienone is 2. The zero-order valence-corrected chi connectivity index (χ0v) is 16.7. The molecule has 1 N–H and O–H groups in total. The summed E-state index contributed by atoms with van der Waals surface area (Å²) in [5, 5.41) is 3.85. The highest BCUT2D eigenvalue weighted by Gasteiger charge is 2.34. The van der Waals surface area contributed by atoms with Crippen molar-refractivity contribution in [3.8, 4) is 0 Å². The van der Waals surface area contributed by atoms with Gasteiger partial charge in [0, 0.05) is 29.9 Å². The van der Waals surface area contributed by atoms with Crippen LogP contribution < -0.4 is 5.32 Å². The highest BCUT2D eigenvalue weighted by atomic mass is 35.5. The third-order valence-electron chi connectivity index (χ3n) is 5.08. The summed E-state index contributed by atoms with van der Waals surface area (Å²) in [7, 11) is 0. The van der Waals surface area contributed by atoms with Crippen LogP contribution in [0.5, 0.6) is 0 Å². The summed E-state index contributed by atoms with van der Waals surface area (Å²) in [5.41, 5.74) is 3.57. The molecule has 0 fully saturated rings. The highest BCUT2D eigenvalue weighted by Crippen LogP contribution is 2.40. The van der Waals surface area contributed by atoms with Crippen molar-refractivity contribution in [2.45, 2.75) is 39.0 Å². The van der Waals surface area contributed by atoms with Crippen LogP contribution in [0.15, 0.2) is 60.4 Å². The molecule has 142 valence electrons. The molecule has 1 aromatic heterocycles. The number of pyridine rings is 1. The Morgan fingerprint density at radius 1 is 1.30 bits per heavy atom. The van der Waals surface area contributed by atoms with Gasteiger partial charge in [-0.2, -0.15) is 0 Å². The lowest BCUT2D eigenvalue weighted by Gasteiger charge is -2.20. The van der Waals surface area contributed by atoms with Crippen molar-refractivity contribution in [3.05, 3.63) is 76.6 Å². The van der Waals surface area contributed by atoms with Gasteiger partial charge >= 0.3 is 0 Å². The Morgan fingerprint density at radius 2 is 2.15 bits per heavy atom. The molecule has 0 saturated heterocycles. The van der Waals surface area contributed by atoms with Gasteiger partial charge in [-0.25, -0.2) is 0 Å². The first-order chi connectivity index (χ1) is 13.0. The zero-order chi connectivity index (χ0) is 19.2. The number of rotatable bonds is 7. The van der Waals surface area contributed by atoms with Crippen molar-refractivity contribution in [1.82, 2.24) is 10.3 Å². The van der Waals surface area contributed by atoms with Crippen LogP contribution in [0.2, 0.25) is 5.02 Å². The van der Waals surface area contributed by atoms with Crippen molar-refractivity contribution in [1.29, 1.82) is 0 Å². The third-order valence-corrected chi connectivity index (χ3v) is 5.31. The Balaban J connectivity index is 1.78. The van der Waals surface area contributed by atoms with Crippen molar-refractivity contribution in [3.63, 3.8) is 0 Å². The number of carbonyl (C=O) groups is 1. The molecule has 1 amide bonds. The second-order valence-electron chi connectivity index (χ2n) is 7.73. The molecule has 0 bridgehead atoms. The first-order valence-electron chi connectivity index (χ1n) is 9.64. The summed E-state index contributed by atoms with van der Waals surface area (Å²) in [6, 6.07) is 11.9. The normalized spacial score (nSPS) is 19.2. The maximum absolute atomic E-state index is 12.9. The second-order valence-corrected chi connectivity index (χ2v) is 8.16. The summed E-state index contributed by atoms with van der Waals surface area (Å²) in [5.74, 6) is 0.701. The van der Waals surface area contributed by atoms with Gasteiger partial charge in [0.05, 0.1) is 5.92 Å². The number of nitrogens with zero attached hydrogens (tertiary/aromatic N) is 1. The van der Waals surface area contributed by atoms with Gasteiger partial charge in [0.2, 0.25) is 5.91 Å². The Labute approximate surface area is 166 Å². The van der Waals surface area contributed by atoms with E-state index in [-0.39, 0.29) is 17.7 Å². The predicted octanol–water partition coefficient (Wildman–Crippen LogP) is 5.17. The van der Waals surface area contributed by atoms with Crippen LogP contribution in [0.3, 0.4) is 0 Å². The maximum Gasteiger partial charge on any atom is 0.224 e. The monoisotopic (exact) mass is 382 g/mol. The quantitative estimate of drug-likeness (QED) is 0.671. The molecule has 1 aromatic carbocycles. The van der Waals surface area contributed by atoms with Crippen LogP contribution in [0, 0.1) is 11.8 Å². The largest absolute Gasteiger partial charge is 0.356 e. The Morgan fingerprint density at radius 3 is 2.85 bits per heavy atom. The molecule has 2 aromatic rings. The van der Waals surface area contributed by atoms with E-state index in [0.29, 0.717) is 10.9 Å². The van der Waals surface area contributed by atoms with Crippen LogP contribution in [0.4, 0.5) is 0 Å². The molecular formula is C23H27ClN2O. The zero-order valence-electron chi connectivity index (χ0n) is 16.0. The number of amides is 1. The minimum Gasteiger partial charge on any atom is -0.356 e. The van der Waals surface area contributed by atoms with Crippen molar-refractivity contribution in [2.75, 3.05) is 6.54 Å². The number of aromatic nitrogens is 1. The van der Waals surface area contributed by atoms with E-state index >= 15 is 0 Å². The van der Waals surface area contributed by atoms with E-state index < -0.39 is 0 Å². The topological polar surface area (TPSA) is 42.0 Å². The van der Waals surface area contributed by atoms with Gasteiger partial charge in [0.25, 0.3) is 0 Å². The number of carbonyl (C=O) groups excluding carboxylic acids is 1. The number of benzene rings is 1. The fraction of sp³-hybridized carbons (Fsp3) is 0.391. The molecule has 27 heavy (non-hydrogen) atoms. The molecule has 3 rings (SSSR count). The number of halogens is 1. The van der Waals surface area contributed by atoms with Crippen LogP contribution in [0.25, 0.3) is 0 Å². The SMILES string of the molecule is CC(C)CCNC(=O)[C@H]1CC(Cc2cccnc2)=C[C@H]1c1cccc(Cl)c1. The minimum atomic E-state index is -0.0812. The van der Waals surface area contributed by atoms with Crippen LogP contribution in [-0.2, 0) is 11.2 Å². The van der Waals surface area contributed by atoms with E-state index in [2.05, 4.69) is 42.4 Å². The van der Waals surface area contributed by atoms with Crippen LogP contribution >= 0.6 is 11.6 Å². The van der Waals surface area contributed by atoms with Crippen molar-refractivity contribution >= 4 is 17.5 Å². The minimum absolute atomic E-state index is 0.0643. The number of hydrogen-bond donors (Lipinski definition) is 1. The molecule has 0 unspecified atom stereocenters. The first kappa shape index (κ1) is 19.6. The summed E-state index contributed by atoms with van der Waals surface area (Å²) < 4.78 is 0. The summed E-state index contributed by atoms with van der Waals surface area (Å²) in [6.45, 7) is 5.07. The molecule has 2 atom stereocenters. The fourth-order valence-electron chi connectivity index (χ4n) is 3.66. The molecule has 0 radical (unpaired) electrons. The second kappa shape index (κ2) is 9.18. The van der Waals surface area contributed by atoms with Gasteiger partial charge in [-0.05, 0) is 54.5 Å². The Bertz CT molecular complexity index is 801. The molecule has 1 aliphatic rings. The summed E-state index contributed by atoms with van der Waals surface area (Å²) >= 11 is 6.21. The van der Waals surface area contributed by atoms with E-state index in [1.807, 2.05) is 30.5 Å². The Hall–Kier alpha value is -2.13. The van der Waals surface area contributed by atoms with Crippen molar-refractivity contribution < 1.29 is 4.79 Å². The molecule has 0 spiro atoms. The summed E-state index contributed by atoms with van der Waals surface area (Å²) in [4.78, 5) is 17.1. The van der Waals surface area contributed by atoms with Crippen molar-refractivity contribution in [2.24, 2.45) is 11.8 Å². The van der Waals surface area contributed by atoms with Gasteiger partial charge in [-0.1, -0.05) is 55.3 Å². The average Bonchev–Trinajstić information content (AvgIpc) is 3.06. The average molecular weight is 383 g/mol. The van der Waals surface area contributed by atoms with Gasteiger partial charge in [0.15, 0.2) is 0 Å². The van der Waals surface area contributed by atoms with E-state index in [9.17, 15) is 4.79 Å². The highest BCUT2D eigenvalue weighted by molar-refractivity contribution is 6.30. The van der Waals surface area contributed by atoms with Gasteiger partial charge in [0.1, 0.15) is 0 Å². The van der Waals surface area contributed by atoms with Gasteiger partial charge < -0.3 is 5.32 Å².